The molecule has 2 aromatic rings. The molecule has 0 radical (unpaired) electrons. The van der Waals surface area contributed by atoms with Crippen molar-refractivity contribution in [2.24, 2.45) is 7.05 Å². The van der Waals surface area contributed by atoms with Crippen LogP contribution in [0, 0.1) is 6.92 Å². The topological polar surface area (TPSA) is 64.0 Å². The Balaban J connectivity index is 2.12. The van der Waals surface area contributed by atoms with Crippen LogP contribution in [0.15, 0.2) is 18.2 Å². The van der Waals surface area contributed by atoms with Crippen molar-refractivity contribution < 1.29 is 8.42 Å². The van der Waals surface area contributed by atoms with E-state index in [1.807, 2.05) is 25.5 Å². The fourth-order valence-electron chi connectivity index (χ4n) is 2.30. The van der Waals surface area contributed by atoms with Crippen molar-refractivity contribution in [1.82, 2.24) is 14.9 Å². The van der Waals surface area contributed by atoms with Gasteiger partial charge >= 0.3 is 0 Å². The fraction of sp³-hybridized carbons (Fsp3) is 0.500. The summed E-state index contributed by atoms with van der Waals surface area (Å²) in [6.07, 6.45) is 1.25. The molecule has 0 spiro atoms. The van der Waals surface area contributed by atoms with Crippen molar-refractivity contribution >= 4 is 20.9 Å². The first-order valence-electron chi connectivity index (χ1n) is 6.59. The molecule has 0 aliphatic heterocycles. The molecule has 1 aromatic carbocycles. The number of nitrogens with one attached hydrogen (secondary N) is 1. The van der Waals surface area contributed by atoms with Gasteiger partial charge in [0.15, 0.2) is 0 Å². The van der Waals surface area contributed by atoms with Crippen LogP contribution >= 0.6 is 0 Å². The van der Waals surface area contributed by atoms with Gasteiger partial charge < -0.3 is 9.88 Å². The minimum atomic E-state index is -2.96. The van der Waals surface area contributed by atoms with Gasteiger partial charge in [-0.25, -0.2) is 13.4 Å². The summed E-state index contributed by atoms with van der Waals surface area (Å²) >= 11 is 0. The normalized spacial score (nSPS) is 13.8. The van der Waals surface area contributed by atoms with Gasteiger partial charge in [-0.2, -0.15) is 0 Å². The van der Waals surface area contributed by atoms with E-state index in [1.54, 1.807) is 0 Å². The molecule has 110 valence electrons. The highest BCUT2D eigenvalue weighted by Gasteiger charge is 2.12. The molecule has 2 rings (SSSR count). The van der Waals surface area contributed by atoms with Gasteiger partial charge in [0.05, 0.1) is 23.3 Å². The van der Waals surface area contributed by atoms with E-state index in [4.69, 9.17) is 0 Å². The van der Waals surface area contributed by atoms with Gasteiger partial charge in [0, 0.05) is 19.3 Å². The monoisotopic (exact) mass is 295 g/mol. The second kappa shape index (κ2) is 5.54. The number of nitrogens with zero attached hydrogens (tertiary/aromatic N) is 2. The predicted molar refractivity (Wildman–Crippen MR) is 81.5 cm³/mol. The lowest BCUT2D eigenvalue weighted by atomic mass is 10.2. The summed E-state index contributed by atoms with van der Waals surface area (Å²) in [5, 5.41) is 3.21. The quantitative estimate of drug-likeness (QED) is 0.906. The van der Waals surface area contributed by atoms with Gasteiger partial charge in [-0.15, -0.1) is 0 Å². The van der Waals surface area contributed by atoms with Gasteiger partial charge in [0.25, 0.3) is 0 Å². The van der Waals surface area contributed by atoms with Crippen LogP contribution in [0.2, 0.25) is 0 Å². The summed E-state index contributed by atoms with van der Waals surface area (Å²) in [5.41, 5.74) is 3.24. The molecule has 1 heterocycles. The van der Waals surface area contributed by atoms with Gasteiger partial charge in [-0.3, -0.25) is 0 Å². The molecule has 1 N–H and O–H groups in total. The maximum atomic E-state index is 11.2. The number of benzene rings is 1. The summed E-state index contributed by atoms with van der Waals surface area (Å²) in [5.74, 6) is 1.04. The lowest BCUT2D eigenvalue weighted by Gasteiger charge is -2.12. The zero-order valence-electron chi connectivity index (χ0n) is 12.3. The Bertz CT molecular complexity index is 719. The smallest absolute Gasteiger partial charge is 0.148 e. The first-order valence-corrected chi connectivity index (χ1v) is 8.65. The van der Waals surface area contributed by atoms with E-state index in [-0.39, 0.29) is 11.8 Å². The average molecular weight is 295 g/mol. The molecule has 0 amide bonds. The molecule has 0 aliphatic rings. The van der Waals surface area contributed by atoms with Crippen molar-refractivity contribution in [2.75, 3.05) is 12.0 Å². The number of rotatable bonds is 5. The number of hydrogen-bond donors (Lipinski definition) is 1. The zero-order chi connectivity index (χ0) is 14.9. The molecule has 5 nitrogen and oxygen atoms in total. The Hall–Kier alpha value is -1.40. The number of aromatic nitrogens is 2. The average Bonchev–Trinajstić information content (AvgIpc) is 2.61. The Morgan fingerprint density at radius 3 is 2.75 bits per heavy atom. The molecule has 1 aromatic heterocycles. The Morgan fingerprint density at radius 1 is 1.40 bits per heavy atom. The van der Waals surface area contributed by atoms with Crippen molar-refractivity contribution in [1.29, 1.82) is 0 Å². The number of fused-ring (bicyclic) bond motifs is 1. The van der Waals surface area contributed by atoms with Crippen LogP contribution < -0.4 is 5.32 Å². The second-order valence-corrected chi connectivity index (χ2v) is 7.64. The SMILES string of the molecule is Cc1ccc2c(c1)nc(CN[C@@H](C)CS(C)(=O)=O)n2C. The highest BCUT2D eigenvalue weighted by Crippen LogP contribution is 2.16. The third-order valence-electron chi connectivity index (χ3n) is 3.29. The molecule has 1 atom stereocenters. The summed E-state index contributed by atoms with van der Waals surface area (Å²) < 4.78 is 24.5. The number of imidazole rings is 1. The molecular weight excluding hydrogens is 274 g/mol. The van der Waals surface area contributed by atoms with Crippen LogP contribution in [0.5, 0.6) is 0 Å². The minimum absolute atomic E-state index is 0.0912. The predicted octanol–water partition coefficient (Wildman–Crippen LogP) is 1.40. The molecule has 0 saturated carbocycles. The molecular formula is C14H21N3O2S. The molecule has 0 fully saturated rings. The van der Waals surface area contributed by atoms with Crippen molar-refractivity contribution in [3.05, 3.63) is 29.6 Å². The van der Waals surface area contributed by atoms with E-state index in [1.165, 1.54) is 11.8 Å². The summed E-state index contributed by atoms with van der Waals surface area (Å²) in [7, 11) is -0.983. The third kappa shape index (κ3) is 3.58. The lowest BCUT2D eigenvalue weighted by molar-refractivity contribution is 0.546. The van der Waals surface area contributed by atoms with Crippen LogP contribution in [-0.4, -0.2) is 36.0 Å². The van der Waals surface area contributed by atoms with Gasteiger partial charge in [-0.1, -0.05) is 6.07 Å². The molecule has 0 unspecified atom stereocenters. The number of aryl methyl sites for hydroxylation is 2. The highest BCUT2D eigenvalue weighted by atomic mass is 32.2. The molecule has 0 saturated heterocycles. The van der Waals surface area contributed by atoms with E-state index >= 15 is 0 Å². The van der Waals surface area contributed by atoms with E-state index in [0.29, 0.717) is 6.54 Å². The number of sulfone groups is 1. The van der Waals surface area contributed by atoms with Crippen molar-refractivity contribution in [3.63, 3.8) is 0 Å². The standard InChI is InChI=1S/C14H21N3O2S/c1-10-5-6-13-12(7-10)16-14(17(13)3)8-15-11(2)9-20(4,18)19/h5-7,11,15H,8-9H2,1-4H3/t11-/m0/s1. The van der Waals surface area contributed by atoms with E-state index in [2.05, 4.69) is 28.5 Å². The van der Waals surface area contributed by atoms with Crippen LogP contribution in [0.4, 0.5) is 0 Å². The van der Waals surface area contributed by atoms with Crippen molar-refractivity contribution in [2.45, 2.75) is 26.4 Å². The molecule has 20 heavy (non-hydrogen) atoms. The third-order valence-corrected chi connectivity index (χ3v) is 4.40. The van der Waals surface area contributed by atoms with Gasteiger partial charge in [-0.05, 0) is 31.5 Å². The second-order valence-electron chi connectivity index (χ2n) is 5.45. The Morgan fingerprint density at radius 2 is 2.10 bits per heavy atom. The van der Waals surface area contributed by atoms with Crippen LogP contribution in [0.25, 0.3) is 11.0 Å². The number of hydrogen-bond acceptors (Lipinski definition) is 4. The Kier molecular flexibility index (Phi) is 4.15. The first kappa shape index (κ1) is 15.0. The minimum Gasteiger partial charge on any atom is -0.330 e. The fourth-order valence-corrected chi connectivity index (χ4v) is 3.32. The maximum absolute atomic E-state index is 11.2. The van der Waals surface area contributed by atoms with Crippen LogP contribution in [0.1, 0.15) is 18.3 Å². The summed E-state index contributed by atoms with van der Waals surface area (Å²) in [6, 6.07) is 6.08. The summed E-state index contributed by atoms with van der Waals surface area (Å²) in [4.78, 5) is 4.59. The van der Waals surface area contributed by atoms with E-state index in [9.17, 15) is 8.42 Å². The maximum Gasteiger partial charge on any atom is 0.148 e. The van der Waals surface area contributed by atoms with Crippen molar-refractivity contribution in [3.8, 4) is 0 Å². The van der Waals surface area contributed by atoms with Crippen LogP contribution in [-0.2, 0) is 23.4 Å². The lowest BCUT2D eigenvalue weighted by Crippen LogP contribution is -2.32. The molecule has 0 aliphatic carbocycles. The van der Waals surface area contributed by atoms with E-state index < -0.39 is 9.84 Å². The Labute approximate surface area is 119 Å². The van der Waals surface area contributed by atoms with E-state index in [0.717, 1.165) is 16.9 Å². The summed E-state index contributed by atoms with van der Waals surface area (Å²) in [6.45, 7) is 4.47. The molecule has 0 bridgehead atoms. The molecule has 6 heteroatoms. The highest BCUT2D eigenvalue weighted by molar-refractivity contribution is 7.90. The van der Waals surface area contributed by atoms with Gasteiger partial charge in [0.2, 0.25) is 0 Å². The van der Waals surface area contributed by atoms with Crippen LogP contribution in [0.3, 0.4) is 0 Å². The first-order chi connectivity index (χ1) is 9.26. The largest absolute Gasteiger partial charge is 0.330 e. The zero-order valence-corrected chi connectivity index (χ0v) is 13.2. The van der Waals surface area contributed by atoms with Gasteiger partial charge in [0.1, 0.15) is 15.7 Å².